The minimum absolute atomic E-state index is 0.186. The summed E-state index contributed by atoms with van der Waals surface area (Å²) in [7, 11) is 1.73. The van der Waals surface area contributed by atoms with Crippen molar-refractivity contribution in [1.82, 2.24) is 24.2 Å². The van der Waals surface area contributed by atoms with Crippen LogP contribution in [-0.4, -0.2) is 37.2 Å². The van der Waals surface area contributed by atoms with Crippen molar-refractivity contribution in [1.29, 1.82) is 0 Å². The number of hydrogen-bond donors (Lipinski definition) is 0. The Balaban J connectivity index is 1.51. The van der Waals surface area contributed by atoms with Crippen molar-refractivity contribution in [2.24, 2.45) is 0 Å². The Morgan fingerprint density at radius 3 is 2.54 bits per heavy atom. The molecule has 0 fully saturated rings. The first-order valence-electron chi connectivity index (χ1n) is 8.74. The second-order valence-electron chi connectivity index (χ2n) is 6.42. The van der Waals surface area contributed by atoms with E-state index in [9.17, 15) is 9.18 Å². The molecule has 0 unspecified atom stereocenters. The molecular formula is C21H18FN5O. The molecular weight excluding hydrogens is 357 g/mol. The zero-order valence-electron chi connectivity index (χ0n) is 15.2. The second kappa shape index (κ2) is 7.48. The molecule has 2 heterocycles. The molecule has 0 aliphatic rings. The highest BCUT2D eigenvalue weighted by Gasteiger charge is 2.18. The van der Waals surface area contributed by atoms with E-state index in [1.807, 2.05) is 36.5 Å². The molecule has 140 valence electrons. The monoisotopic (exact) mass is 375 g/mol. The van der Waals surface area contributed by atoms with Crippen LogP contribution in [0.1, 0.15) is 16.1 Å². The first kappa shape index (κ1) is 17.7. The van der Waals surface area contributed by atoms with E-state index < -0.39 is 0 Å². The number of carbonyl (C=O) groups is 1. The fourth-order valence-electron chi connectivity index (χ4n) is 2.97. The van der Waals surface area contributed by atoms with Crippen molar-refractivity contribution < 1.29 is 9.18 Å². The molecule has 4 aromatic rings. The molecule has 0 aliphatic heterocycles. The van der Waals surface area contributed by atoms with Gasteiger partial charge in [0.2, 0.25) is 0 Å². The van der Waals surface area contributed by atoms with Crippen LogP contribution in [0, 0.1) is 5.82 Å². The van der Waals surface area contributed by atoms with E-state index >= 15 is 0 Å². The van der Waals surface area contributed by atoms with Crippen LogP contribution < -0.4 is 0 Å². The average Bonchev–Trinajstić information content (AvgIpc) is 3.38. The summed E-state index contributed by atoms with van der Waals surface area (Å²) in [6.45, 7) is 0.403. The third kappa shape index (κ3) is 3.55. The molecule has 28 heavy (non-hydrogen) atoms. The summed E-state index contributed by atoms with van der Waals surface area (Å²) in [4.78, 5) is 18.6. The number of nitrogens with zero attached hydrogens (tertiary/aromatic N) is 5. The van der Waals surface area contributed by atoms with E-state index in [1.54, 1.807) is 45.9 Å². The molecule has 0 bridgehead atoms. The molecule has 2 aromatic carbocycles. The summed E-state index contributed by atoms with van der Waals surface area (Å²) < 4.78 is 16.6. The number of aromatic nitrogens is 4. The Labute approximate surface area is 161 Å². The quantitative estimate of drug-likeness (QED) is 0.537. The molecule has 2 aromatic heterocycles. The lowest BCUT2D eigenvalue weighted by atomic mass is 10.2. The van der Waals surface area contributed by atoms with Gasteiger partial charge in [-0.15, -0.1) is 0 Å². The van der Waals surface area contributed by atoms with Gasteiger partial charge in [-0.3, -0.25) is 9.36 Å². The van der Waals surface area contributed by atoms with Crippen LogP contribution in [0.25, 0.3) is 11.4 Å². The zero-order valence-corrected chi connectivity index (χ0v) is 15.2. The van der Waals surface area contributed by atoms with Gasteiger partial charge >= 0.3 is 0 Å². The van der Waals surface area contributed by atoms with Gasteiger partial charge in [-0.05, 0) is 36.4 Å². The number of hydrogen-bond acceptors (Lipinski definition) is 3. The molecule has 0 N–H and O–H groups in total. The van der Waals surface area contributed by atoms with Crippen molar-refractivity contribution in [3.8, 4) is 11.4 Å². The highest BCUT2D eigenvalue weighted by atomic mass is 19.1. The predicted molar refractivity (Wildman–Crippen MR) is 103 cm³/mol. The van der Waals surface area contributed by atoms with Crippen LogP contribution in [0.3, 0.4) is 0 Å². The first-order valence-corrected chi connectivity index (χ1v) is 8.74. The lowest BCUT2D eigenvalue weighted by Gasteiger charge is -2.17. The van der Waals surface area contributed by atoms with Crippen molar-refractivity contribution in [2.45, 2.75) is 6.54 Å². The molecule has 0 aliphatic carbocycles. The predicted octanol–water partition coefficient (Wildman–Crippen LogP) is 3.47. The van der Waals surface area contributed by atoms with Gasteiger partial charge in [0.05, 0.1) is 24.4 Å². The lowest BCUT2D eigenvalue weighted by molar-refractivity contribution is 0.0777. The van der Waals surface area contributed by atoms with Crippen LogP contribution >= 0.6 is 0 Å². The third-order valence-electron chi connectivity index (χ3n) is 4.39. The number of imidazole rings is 1. The van der Waals surface area contributed by atoms with E-state index in [-0.39, 0.29) is 11.7 Å². The number of para-hydroxylation sites is 1. The normalized spacial score (nSPS) is 10.8. The van der Waals surface area contributed by atoms with Crippen molar-refractivity contribution in [3.05, 3.63) is 96.6 Å². The molecule has 0 atom stereocenters. The van der Waals surface area contributed by atoms with Crippen molar-refractivity contribution in [3.63, 3.8) is 0 Å². The van der Waals surface area contributed by atoms with Gasteiger partial charge < -0.3 is 4.90 Å². The molecule has 6 nitrogen and oxygen atoms in total. The molecule has 0 spiro atoms. The third-order valence-corrected chi connectivity index (χ3v) is 4.39. The SMILES string of the molecule is CN(Cc1cnn(-c2ccccc2)c1)C(=O)c1cncn1-c1ccc(F)cc1. The molecule has 0 saturated heterocycles. The number of rotatable bonds is 5. The van der Waals surface area contributed by atoms with Crippen LogP contribution in [0.4, 0.5) is 4.39 Å². The highest BCUT2D eigenvalue weighted by molar-refractivity contribution is 5.92. The van der Waals surface area contributed by atoms with Gasteiger partial charge in [-0.2, -0.15) is 5.10 Å². The summed E-state index contributed by atoms with van der Waals surface area (Å²) in [5, 5.41) is 4.36. The van der Waals surface area contributed by atoms with Gasteiger partial charge in [0, 0.05) is 31.0 Å². The van der Waals surface area contributed by atoms with E-state index in [0.717, 1.165) is 11.3 Å². The number of carbonyl (C=O) groups excluding carboxylic acids is 1. The Morgan fingerprint density at radius 2 is 1.79 bits per heavy atom. The van der Waals surface area contributed by atoms with Gasteiger partial charge in [0.25, 0.3) is 5.91 Å². The van der Waals surface area contributed by atoms with E-state index in [4.69, 9.17) is 0 Å². The maximum Gasteiger partial charge on any atom is 0.272 e. The van der Waals surface area contributed by atoms with Gasteiger partial charge in [0.1, 0.15) is 11.5 Å². The number of amides is 1. The van der Waals surface area contributed by atoms with Gasteiger partial charge in [-0.25, -0.2) is 14.1 Å². The minimum atomic E-state index is -0.329. The largest absolute Gasteiger partial charge is 0.336 e. The summed E-state index contributed by atoms with van der Waals surface area (Å²) in [5.74, 6) is -0.515. The van der Waals surface area contributed by atoms with Crippen LogP contribution in [0.5, 0.6) is 0 Å². The Bertz CT molecular complexity index is 1090. The van der Waals surface area contributed by atoms with Gasteiger partial charge in [-0.1, -0.05) is 18.2 Å². The van der Waals surface area contributed by atoms with Crippen LogP contribution in [-0.2, 0) is 6.54 Å². The smallest absolute Gasteiger partial charge is 0.272 e. The Hall–Kier alpha value is -3.74. The summed E-state index contributed by atoms with van der Waals surface area (Å²) in [5.41, 5.74) is 2.95. The number of halogens is 1. The fourth-order valence-corrected chi connectivity index (χ4v) is 2.97. The Kier molecular flexibility index (Phi) is 4.72. The summed E-state index contributed by atoms with van der Waals surface area (Å²) >= 11 is 0. The zero-order chi connectivity index (χ0) is 19.5. The van der Waals surface area contributed by atoms with Crippen molar-refractivity contribution >= 4 is 5.91 Å². The second-order valence-corrected chi connectivity index (χ2v) is 6.42. The molecule has 0 radical (unpaired) electrons. The minimum Gasteiger partial charge on any atom is -0.336 e. The molecule has 0 saturated carbocycles. The molecule has 1 amide bonds. The lowest BCUT2D eigenvalue weighted by Crippen LogP contribution is -2.27. The maximum atomic E-state index is 13.2. The molecule has 7 heteroatoms. The first-order chi connectivity index (χ1) is 13.6. The van der Waals surface area contributed by atoms with Crippen LogP contribution in [0.15, 0.2) is 79.5 Å². The topological polar surface area (TPSA) is 56.0 Å². The maximum absolute atomic E-state index is 13.2. The number of benzene rings is 2. The fraction of sp³-hybridized carbons (Fsp3) is 0.0952. The van der Waals surface area contributed by atoms with E-state index in [1.165, 1.54) is 18.3 Å². The van der Waals surface area contributed by atoms with E-state index in [2.05, 4.69) is 10.1 Å². The molecule has 4 rings (SSSR count). The summed E-state index contributed by atoms with van der Waals surface area (Å²) in [6, 6.07) is 15.7. The van der Waals surface area contributed by atoms with Crippen LogP contribution in [0.2, 0.25) is 0 Å². The van der Waals surface area contributed by atoms with E-state index in [0.29, 0.717) is 17.9 Å². The van der Waals surface area contributed by atoms with Gasteiger partial charge in [0.15, 0.2) is 0 Å². The standard InChI is InChI=1S/C21H18FN5O/c1-25(13-16-11-24-27(14-16)19-5-3-2-4-6-19)21(28)20-12-23-15-26(20)18-9-7-17(22)8-10-18/h2-12,14-15H,13H2,1H3. The van der Waals surface area contributed by atoms with Crippen molar-refractivity contribution in [2.75, 3.05) is 7.05 Å². The average molecular weight is 375 g/mol. The summed E-state index contributed by atoms with van der Waals surface area (Å²) in [6.07, 6.45) is 6.70. The Morgan fingerprint density at radius 1 is 1.04 bits per heavy atom. The highest BCUT2D eigenvalue weighted by Crippen LogP contribution is 2.15.